The summed E-state index contributed by atoms with van der Waals surface area (Å²) in [5.74, 6) is -0.262. The van der Waals surface area contributed by atoms with E-state index in [9.17, 15) is 9.59 Å². The maximum atomic E-state index is 12.6. The number of ether oxygens (including phenoxy) is 2. The molecule has 31 heavy (non-hydrogen) atoms. The summed E-state index contributed by atoms with van der Waals surface area (Å²) in [4.78, 5) is 24.9. The summed E-state index contributed by atoms with van der Waals surface area (Å²) in [6, 6.07) is 14.2. The predicted octanol–water partition coefficient (Wildman–Crippen LogP) is 3.37. The second-order valence-electron chi connectivity index (χ2n) is 7.03. The maximum Gasteiger partial charge on any atom is 0.338 e. The second kappa shape index (κ2) is 10.1. The van der Waals surface area contributed by atoms with E-state index < -0.39 is 12.0 Å². The zero-order valence-corrected chi connectivity index (χ0v) is 18.5. The number of anilines is 1. The molecule has 8 heteroatoms. The van der Waals surface area contributed by atoms with E-state index in [1.807, 2.05) is 43.3 Å². The summed E-state index contributed by atoms with van der Waals surface area (Å²) in [5, 5.41) is 9.26. The van der Waals surface area contributed by atoms with E-state index in [0.29, 0.717) is 33.4 Å². The Labute approximate surface area is 186 Å². The number of amides is 1. The van der Waals surface area contributed by atoms with E-state index in [1.165, 1.54) is 0 Å². The molecule has 1 heterocycles. The molecule has 1 aliphatic heterocycles. The molecule has 0 saturated carbocycles. The fraction of sp³-hybridized carbons (Fsp3) is 0.261. The van der Waals surface area contributed by atoms with Gasteiger partial charge < -0.3 is 25.4 Å². The van der Waals surface area contributed by atoms with Crippen molar-refractivity contribution in [3.8, 4) is 5.75 Å². The SMILES string of the molecule is CCOC(=O)C1=C(C)NC(=S)NC1c1ccccc1OCC(=O)Nc1ccc(C)cc1. The summed E-state index contributed by atoms with van der Waals surface area (Å²) in [5.41, 5.74) is 3.50. The van der Waals surface area contributed by atoms with Gasteiger partial charge in [0.1, 0.15) is 5.75 Å². The van der Waals surface area contributed by atoms with Crippen molar-refractivity contribution in [2.75, 3.05) is 18.5 Å². The first-order valence-corrected chi connectivity index (χ1v) is 10.3. The van der Waals surface area contributed by atoms with Gasteiger partial charge in [-0.1, -0.05) is 35.9 Å². The van der Waals surface area contributed by atoms with E-state index in [4.69, 9.17) is 21.7 Å². The summed E-state index contributed by atoms with van der Waals surface area (Å²) in [6.07, 6.45) is 0. The summed E-state index contributed by atoms with van der Waals surface area (Å²) in [6.45, 7) is 5.57. The van der Waals surface area contributed by atoms with Gasteiger partial charge in [-0.15, -0.1) is 0 Å². The molecule has 0 bridgehead atoms. The Balaban J connectivity index is 1.79. The van der Waals surface area contributed by atoms with Crippen LogP contribution < -0.4 is 20.7 Å². The lowest BCUT2D eigenvalue weighted by Crippen LogP contribution is -2.45. The van der Waals surface area contributed by atoms with Crippen LogP contribution in [0.1, 0.15) is 31.0 Å². The first-order chi connectivity index (χ1) is 14.9. The molecule has 162 valence electrons. The lowest BCUT2D eigenvalue weighted by atomic mass is 9.95. The number of allylic oxidation sites excluding steroid dienone is 1. The molecule has 1 aliphatic rings. The largest absolute Gasteiger partial charge is 0.483 e. The van der Waals surface area contributed by atoms with Crippen molar-refractivity contribution >= 4 is 34.9 Å². The van der Waals surface area contributed by atoms with Crippen molar-refractivity contribution in [3.63, 3.8) is 0 Å². The van der Waals surface area contributed by atoms with Gasteiger partial charge >= 0.3 is 5.97 Å². The number of rotatable bonds is 7. The van der Waals surface area contributed by atoms with Crippen LogP contribution in [0.25, 0.3) is 0 Å². The third-order valence-corrected chi connectivity index (χ3v) is 4.91. The van der Waals surface area contributed by atoms with Crippen molar-refractivity contribution in [1.82, 2.24) is 10.6 Å². The Morgan fingerprint density at radius 3 is 2.52 bits per heavy atom. The molecule has 2 aromatic rings. The minimum absolute atomic E-state index is 0.183. The van der Waals surface area contributed by atoms with Crippen LogP contribution in [-0.4, -0.2) is 30.2 Å². The van der Waals surface area contributed by atoms with Gasteiger partial charge in [0.15, 0.2) is 11.7 Å². The fourth-order valence-corrected chi connectivity index (χ4v) is 3.51. The first kappa shape index (κ1) is 22.3. The number of hydrogen-bond acceptors (Lipinski definition) is 5. The molecule has 3 N–H and O–H groups in total. The normalized spacial score (nSPS) is 15.6. The number of carbonyl (C=O) groups excluding carboxylic acids is 2. The monoisotopic (exact) mass is 439 g/mol. The van der Waals surface area contributed by atoms with Gasteiger partial charge in [-0.05, 0) is 51.2 Å². The average Bonchev–Trinajstić information content (AvgIpc) is 2.73. The molecule has 7 nitrogen and oxygen atoms in total. The van der Waals surface area contributed by atoms with Gasteiger partial charge in [0.05, 0.1) is 18.2 Å². The molecule has 1 amide bonds. The minimum Gasteiger partial charge on any atom is -0.483 e. The number of benzene rings is 2. The quantitative estimate of drug-likeness (QED) is 0.450. The van der Waals surface area contributed by atoms with E-state index in [0.717, 1.165) is 5.56 Å². The van der Waals surface area contributed by atoms with E-state index in [2.05, 4.69) is 16.0 Å². The van der Waals surface area contributed by atoms with Crippen LogP contribution in [0.5, 0.6) is 5.75 Å². The highest BCUT2D eigenvalue weighted by atomic mass is 32.1. The standard InChI is InChI=1S/C23H25N3O4S/c1-4-29-22(28)20-15(3)24-23(31)26-21(20)17-7-5-6-8-18(17)30-13-19(27)25-16-11-9-14(2)10-12-16/h5-12,21H,4,13H2,1-3H3,(H,25,27)(H2,24,26,31). The molecule has 0 saturated heterocycles. The Bertz CT molecular complexity index is 1020. The molecule has 0 spiro atoms. The molecule has 0 aliphatic carbocycles. The molecule has 0 fully saturated rings. The van der Waals surface area contributed by atoms with Gasteiger partial charge in [-0.25, -0.2) is 4.79 Å². The summed E-state index contributed by atoms with van der Waals surface area (Å²) in [7, 11) is 0. The highest BCUT2D eigenvalue weighted by molar-refractivity contribution is 7.80. The van der Waals surface area contributed by atoms with Gasteiger partial charge in [0, 0.05) is 16.9 Å². The number of aryl methyl sites for hydroxylation is 1. The zero-order chi connectivity index (χ0) is 22.4. The molecular weight excluding hydrogens is 414 g/mol. The zero-order valence-electron chi connectivity index (χ0n) is 17.7. The highest BCUT2D eigenvalue weighted by Gasteiger charge is 2.32. The van der Waals surface area contributed by atoms with Crippen molar-refractivity contribution < 1.29 is 19.1 Å². The van der Waals surface area contributed by atoms with Gasteiger partial charge in [0.2, 0.25) is 0 Å². The number of para-hydroxylation sites is 1. The Hall–Kier alpha value is -3.39. The number of carbonyl (C=O) groups is 2. The number of hydrogen-bond donors (Lipinski definition) is 3. The third-order valence-electron chi connectivity index (χ3n) is 4.69. The molecule has 2 aromatic carbocycles. The van der Waals surface area contributed by atoms with Crippen molar-refractivity contribution in [2.24, 2.45) is 0 Å². The van der Waals surface area contributed by atoms with Crippen LogP contribution in [0.4, 0.5) is 5.69 Å². The lowest BCUT2D eigenvalue weighted by Gasteiger charge is -2.30. The van der Waals surface area contributed by atoms with Crippen LogP contribution in [-0.2, 0) is 14.3 Å². The third kappa shape index (κ3) is 5.61. The van der Waals surface area contributed by atoms with Crippen LogP contribution in [0, 0.1) is 6.92 Å². The topological polar surface area (TPSA) is 88.7 Å². The Morgan fingerprint density at radius 1 is 1.10 bits per heavy atom. The molecule has 1 unspecified atom stereocenters. The average molecular weight is 440 g/mol. The Morgan fingerprint density at radius 2 is 1.81 bits per heavy atom. The highest BCUT2D eigenvalue weighted by Crippen LogP contribution is 2.33. The maximum absolute atomic E-state index is 12.6. The summed E-state index contributed by atoms with van der Waals surface area (Å²) >= 11 is 5.28. The van der Waals surface area contributed by atoms with Crippen LogP contribution in [0.2, 0.25) is 0 Å². The van der Waals surface area contributed by atoms with Crippen LogP contribution >= 0.6 is 12.2 Å². The first-order valence-electron chi connectivity index (χ1n) is 9.92. The molecule has 1 atom stereocenters. The summed E-state index contributed by atoms with van der Waals surface area (Å²) < 4.78 is 11.0. The molecule has 3 rings (SSSR count). The second-order valence-corrected chi connectivity index (χ2v) is 7.44. The van der Waals surface area contributed by atoms with Crippen LogP contribution in [0.15, 0.2) is 59.8 Å². The Kier molecular flexibility index (Phi) is 7.25. The lowest BCUT2D eigenvalue weighted by molar-refractivity contribution is -0.139. The van der Waals surface area contributed by atoms with Gasteiger partial charge in [-0.3, -0.25) is 4.79 Å². The number of esters is 1. The van der Waals surface area contributed by atoms with Crippen molar-refractivity contribution in [2.45, 2.75) is 26.8 Å². The van der Waals surface area contributed by atoms with E-state index in [-0.39, 0.29) is 19.1 Å². The molecule has 0 aromatic heterocycles. The van der Waals surface area contributed by atoms with E-state index in [1.54, 1.807) is 26.0 Å². The van der Waals surface area contributed by atoms with Crippen molar-refractivity contribution in [3.05, 3.63) is 70.9 Å². The van der Waals surface area contributed by atoms with Gasteiger partial charge in [-0.2, -0.15) is 0 Å². The smallest absolute Gasteiger partial charge is 0.338 e. The van der Waals surface area contributed by atoms with Crippen molar-refractivity contribution in [1.29, 1.82) is 0 Å². The number of thiocarbonyl (C=S) groups is 1. The van der Waals surface area contributed by atoms with E-state index >= 15 is 0 Å². The minimum atomic E-state index is -0.566. The molecule has 0 radical (unpaired) electrons. The predicted molar refractivity (Wildman–Crippen MR) is 123 cm³/mol. The fourth-order valence-electron chi connectivity index (χ4n) is 3.23. The number of nitrogens with one attached hydrogen (secondary N) is 3. The molecular formula is C23H25N3O4S. The van der Waals surface area contributed by atoms with Crippen LogP contribution in [0.3, 0.4) is 0 Å². The van der Waals surface area contributed by atoms with Gasteiger partial charge in [0.25, 0.3) is 5.91 Å².